The number of thioether (sulfide) groups is 1. The molecular weight excluding hydrogens is 128 g/mol. The van der Waals surface area contributed by atoms with Crippen LogP contribution in [0.15, 0.2) is 0 Å². The fraction of sp³-hybridized carbons (Fsp3) is 0.875. The van der Waals surface area contributed by atoms with E-state index in [0.29, 0.717) is 0 Å². The molecule has 0 rings (SSSR count). The standard InChI is InChI=1S/C8H17S/c1-5-7(3)9-8(4)6-2/h7-8H,1,5-6H2,2-4H3. The topological polar surface area (TPSA) is 0 Å². The molecule has 0 saturated heterocycles. The first-order valence-electron chi connectivity index (χ1n) is 3.65. The van der Waals surface area contributed by atoms with Gasteiger partial charge in [0.15, 0.2) is 0 Å². The van der Waals surface area contributed by atoms with Gasteiger partial charge in [-0.05, 0) is 12.8 Å². The van der Waals surface area contributed by atoms with Crippen LogP contribution in [0, 0.1) is 6.92 Å². The van der Waals surface area contributed by atoms with Crippen LogP contribution >= 0.6 is 11.8 Å². The quantitative estimate of drug-likeness (QED) is 0.585. The second-order valence-electron chi connectivity index (χ2n) is 2.45. The lowest BCUT2D eigenvalue weighted by Crippen LogP contribution is -2.01. The highest BCUT2D eigenvalue weighted by atomic mass is 32.2. The molecule has 0 nitrogen and oxygen atoms in total. The molecule has 0 heterocycles. The third-order valence-electron chi connectivity index (χ3n) is 1.45. The van der Waals surface area contributed by atoms with Crippen molar-refractivity contribution in [1.29, 1.82) is 0 Å². The van der Waals surface area contributed by atoms with Gasteiger partial charge in [-0.2, -0.15) is 11.8 Å². The fourth-order valence-electron chi connectivity index (χ4n) is 0.561. The Balaban J connectivity index is 3.22. The van der Waals surface area contributed by atoms with Crippen LogP contribution in [0.25, 0.3) is 0 Å². The van der Waals surface area contributed by atoms with Crippen LogP contribution in [0.1, 0.15) is 33.6 Å². The van der Waals surface area contributed by atoms with Crippen molar-refractivity contribution >= 4 is 11.8 Å². The molecule has 0 aliphatic carbocycles. The summed E-state index contributed by atoms with van der Waals surface area (Å²) in [6, 6.07) is 0. The summed E-state index contributed by atoms with van der Waals surface area (Å²) in [6.07, 6.45) is 2.32. The van der Waals surface area contributed by atoms with Crippen LogP contribution in [0.5, 0.6) is 0 Å². The molecule has 55 valence electrons. The molecule has 0 aromatic heterocycles. The van der Waals surface area contributed by atoms with Crippen LogP contribution in [-0.2, 0) is 0 Å². The molecule has 0 bridgehead atoms. The minimum Gasteiger partial charge on any atom is -0.156 e. The largest absolute Gasteiger partial charge is 0.156 e. The first-order chi connectivity index (χ1) is 4.20. The van der Waals surface area contributed by atoms with Gasteiger partial charge in [-0.15, -0.1) is 0 Å². The second kappa shape index (κ2) is 5.16. The van der Waals surface area contributed by atoms with Crippen molar-refractivity contribution in [1.82, 2.24) is 0 Å². The average molecular weight is 145 g/mol. The van der Waals surface area contributed by atoms with Gasteiger partial charge in [0.25, 0.3) is 0 Å². The Kier molecular flexibility index (Phi) is 5.36. The molecule has 0 aromatic rings. The minimum absolute atomic E-state index is 0.736. The van der Waals surface area contributed by atoms with Crippen molar-refractivity contribution in [2.75, 3.05) is 0 Å². The van der Waals surface area contributed by atoms with Gasteiger partial charge in [-0.3, -0.25) is 0 Å². The summed E-state index contributed by atoms with van der Waals surface area (Å²) in [5, 5.41) is 1.54. The Morgan fingerprint density at radius 1 is 1.33 bits per heavy atom. The Labute approximate surface area is 63.4 Å². The Morgan fingerprint density at radius 2 is 1.89 bits per heavy atom. The number of hydrogen-bond acceptors (Lipinski definition) is 1. The predicted molar refractivity (Wildman–Crippen MR) is 46.8 cm³/mol. The third kappa shape index (κ3) is 4.83. The normalized spacial score (nSPS) is 17.3. The maximum atomic E-state index is 3.85. The lowest BCUT2D eigenvalue weighted by Gasteiger charge is -2.12. The van der Waals surface area contributed by atoms with Crippen molar-refractivity contribution in [3.63, 3.8) is 0 Å². The van der Waals surface area contributed by atoms with Crippen molar-refractivity contribution in [2.24, 2.45) is 0 Å². The van der Waals surface area contributed by atoms with E-state index in [9.17, 15) is 0 Å². The zero-order valence-electron chi connectivity index (χ0n) is 6.68. The molecule has 2 atom stereocenters. The van der Waals surface area contributed by atoms with Crippen molar-refractivity contribution < 1.29 is 0 Å². The Hall–Kier alpha value is 0.350. The maximum absolute atomic E-state index is 3.85. The Bertz CT molecular complexity index is 53.6. The van der Waals surface area contributed by atoms with E-state index < -0.39 is 0 Å². The van der Waals surface area contributed by atoms with Crippen LogP contribution in [0.3, 0.4) is 0 Å². The third-order valence-corrected chi connectivity index (χ3v) is 2.94. The van der Waals surface area contributed by atoms with Crippen LogP contribution < -0.4 is 0 Å². The summed E-state index contributed by atoms with van der Waals surface area (Å²) >= 11 is 2.04. The molecule has 1 heteroatoms. The molecule has 0 spiro atoms. The summed E-state index contributed by atoms with van der Waals surface area (Å²) < 4.78 is 0. The molecule has 0 saturated carbocycles. The van der Waals surface area contributed by atoms with E-state index in [1.807, 2.05) is 11.8 Å². The highest BCUT2D eigenvalue weighted by Gasteiger charge is 2.03. The lowest BCUT2D eigenvalue weighted by atomic mass is 10.4. The molecule has 9 heavy (non-hydrogen) atoms. The summed E-state index contributed by atoms with van der Waals surface area (Å²) in [5.74, 6) is 0. The zero-order chi connectivity index (χ0) is 7.28. The first kappa shape index (κ1) is 9.35. The summed E-state index contributed by atoms with van der Waals surface area (Å²) in [7, 11) is 0. The van der Waals surface area contributed by atoms with Gasteiger partial charge in [0.05, 0.1) is 0 Å². The molecule has 0 aliphatic rings. The van der Waals surface area contributed by atoms with Gasteiger partial charge < -0.3 is 0 Å². The van der Waals surface area contributed by atoms with Crippen molar-refractivity contribution in [3.8, 4) is 0 Å². The predicted octanol–water partition coefficient (Wildman–Crippen LogP) is 3.13. The van der Waals surface area contributed by atoms with E-state index in [2.05, 4.69) is 27.7 Å². The zero-order valence-corrected chi connectivity index (χ0v) is 7.50. The van der Waals surface area contributed by atoms with Gasteiger partial charge in [-0.25, -0.2) is 0 Å². The SMILES string of the molecule is [CH2]CC(C)SC(C)CC. The molecule has 0 N–H and O–H groups in total. The van der Waals surface area contributed by atoms with Crippen molar-refractivity contribution in [3.05, 3.63) is 6.92 Å². The summed E-state index contributed by atoms with van der Waals surface area (Å²) in [6.45, 7) is 10.6. The van der Waals surface area contributed by atoms with E-state index in [1.165, 1.54) is 6.42 Å². The van der Waals surface area contributed by atoms with Gasteiger partial charge >= 0.3 is 0 Å². The summed E-state index contributed by atoms with van der Waals surface area (Å²) in [5.41, 5.74) is 0. The monoisotopic (exact) mass is 145 g/mol. The van der Waals surface area contributed by atoms with Gasteiger partial charge in [-0.1, -0.05) is 27.7 Å². The van der Waals surface area contributed by atoms with Crippen LogP contribution in [0.2, 0.25) is 0 Å². The second-order valence-corrected chi connectivity index (χ2v) is 4.34. The molecule has 0 fully saturated rings. The fourth-order valence-corrected chi connectivity index (χ4v) is 1.68. The van der Waals surface area contributed by atoms with E-state index in [0.717, 1.165) is 16.9 Å². The first-order valence-corrected chi connectivity index (χ1v) is 4.59. The summed E-state index contributed by atoms with van der Waals surface area (Å²) in [4.78, 5) is 0. The highest BCUT2D eigenvalue weighted by Crippen LogP contribution is 2.21. The van der Waals surface area contributed by atoms with Gasteiger partial charge in [0.1, 0.15) is 0 Å². The average Bonchev–Trinajstić information content (AvgIpc) is 1.87. The van der Waals surface area contributed by atoms with Crippen molar-refractivity contribution in [2.45, 2.75) is 44.1 Å². The minimum atomic E-state index is 0.736. The van der Waals surface area contributed by atoms with Gasteiger partial charge in [0, 0.05) is 10.5 Å². The maximum Gasteiger partial charge on any atom is 0.00213 e. The number of hydrogen-bond donors (Lipinski definition) is 0. The molecule has 0 aliphatic heterocycles. The van der Waals surface area contributed by atoms with Crippen LogP contribution in [0.4, 0.5) is 0 Å². The molecular formula is C8H17S. The lowest BCUT2D eigenvalue weighted by molar-refractivity contribution is 0.882. The van der Waals surface area contributed by atoms with Crippen LogP contribution in [-0.4, -0.2) is 10.5 Å². The highest BCUT2D eigenvalue weighted by molar-refractivity contribution is 8.00. The smallest absolute Gasteiger partial charge is 0.00213 e. The van der Waals surface area contributed by atoms with E-state index >= 15 is 0 Å². The molecule has 0 amide bonds. The molecule has 0 aromatic carbocycles. The molecule has 1 radical (unpaired) electrons. The number of rotatable bonds is 4. The Morgan fingerprint density at radius 3 is 2.22 bits per heavy atom. The van der Waals surface area contributed by atoms with E-state index in [4.69, 9.17) is 0 Å². The van der Waals surface area contributed by atoms with Gasteiger partial charge in [0.2, 0.25) is 0 Å². The van der Waals surface area contributed by atoms with E-state index in [1.54, 1.807) is 0 Å². The molecule has 2 unspecified atom stereocenters. The van der Waals surface area contributed by atoms with E-state index in [-0.39, 0.29) is 0 Å².